The van der Waals surface area contributed by atoms with Crippen LogP contribution < -0.4 is 9.47 Å². The van der Waals surface area contributed by atoms with Gasteiger partial charge in [0.2, 0.25) is 0 Å². The molecule has 0 amide bonds. The average Bonchev–Trinajstić information content (AvgIpc) is 3.39. The molecular weight excluding hydrogens is 524 g/mol. The van der Waals surface area contributed by atoms with Crippen molar-refractivity contribution in [2.24, 2.45) is 0 Å². The van der Waals surface area contributed by atoms with Crippen molar-refractivity contribution >= 4 is 27.6 Å². The Morgan fingerprint density at radius 2 is 1.42 bits per heavy atom. The fraction of sp³-hybridized carbons (Fsp3) is 0.171. The topological polar surface area (TPSA) is 18.5 Å². The molecule has 1 unspecified atom stereocenters. The van der Waals surface area contributed by atoms with E-state index >= 15 is 0 Å². The molecule has 0 aromatic heterocycles. The van der Waals surface area contributed by atoms with Gasteiger partial charge < -0.3 is 9.47 Å². The molecule has 0 saturated heterocycles. The Morgan fingerprint density at radius 3 is 2.21 bits per heavy atom. The molecule has 0 spiro atoms. The van der Waals surface area contributed by atoms with Crippen LogP contribution in [0.3, 0.4) is 0 Å². The Kier molecular flexibility index (Phi) is 5.78. The molecule has 0 fully saturated rings. The molecule has 0 radical (unpaired) electrons. The molecule has 2 nitrogen and oxygen atoms in total. The van der Waals surface area contributed by atoms with Crippen molar-refractivity contribution in [3.8, 4) is 22.6 Å². The first kappa shape index (κ1) is 25.9. The molecule has 1 heterocycles. The van der Waals surface area contributed by atoms with E-state index in [-0.39, 0.29) is 5.41 Å². The van der Waals surface area contributed by atoms with Crippen LogP contribution in [0.5, 0.6) is 11.5 Å². The summed E-state index contributed by atoms with van der Waals surface area (Å²) in [5.41, 5.74) is 7.99. The fourth-order valence-corrected chi connectivity index (χ4v) is 7.85. The summed E-state index contributed by atoms with van der Waals surface area (Å²) in [6.07, 6.45) is 6.68. The molecule has 8 rings (SSSR count). The first-order chi connectivity index (χ1) is 21.1. The third kappa shape index (κ3) is 3.53. The smallest absolute Gasteiger partial charge is 0.178 e. The minimum Gasteiger partial charge on any atom is -0.497 e. The lowest BCUT2D eigenvalue weighted by Crippen LogP contribution is -2.35. The van der Waals surface area contributed by atoms with Gasteiger partial charge >= 0.3 is 0 Å². The van der Waals surface area contributed by atoms with E-state index < -0.39 is 5.60 Å². The van der Waals surface area contributed by atoms with Crippen LogP contribution in [-0.2, 0) is 11.0 Å². The molecule has 6 aromatic carbocycles. The van der Waals surface area contributed by atoms with Crippen LogP contribution >= 0.6 is 0 Å². The Labute approximate surface area is 253 Å². The predicted molar refractivity (Wildman–Crippen MR) is 178 cm³/mol. The molecule has 0 N–H and O–H groups in total. The second-order valence-electron chi connectivity index (χ2n) is 11.8. The van der Waals surface area contributed by atoms with Gasteiger partial charge in [-0.3, -0.25) is 0 Å². The van der Waals surface area contributed by atoms with Crippen LogP contribution in [0.2, 0.25) is 0 Å². The summed E-state index contributed by atoms with van der Waals surface area (Å²) in [4.78, 5) is 0. The van der Waals surface area contributed by atoms with Crippen molar-refractivity contribution in [2.45, 2.75) is 37.7 Å². The number of ether oxygens (including phenoxy) is 2. The number of benzene rings is 6. The van der Waals surface area contributed by atoms with E-state index in [9.17, 15) is 0 Å². The van der Waals surface area contributed by atoms with Gasteiger partial charge in [-0.15, -0.1) is 0 Å². The molecule has 0 bridgehead atoms. The average molecular weight is 559 g/mol. The van der Waals surface area contributed by atoms with Crippen molar-refractivity contribution in [3.63, 3.8) is 0 Å². The van der Waals surface area contributed by atoms with Gasteiger partial charge in [0.25, 0.3) is 0 Å². The van der Waals surface area contributed by atoms with Gasteiger partial charge in [0, 0.05) is 27.5 Å². The second-order valence-corrected chi connectivity index (χ2v) is 11.8. The highest BCUT2D eigenvalue weighted by molar-refractivity contribution is 6.09. The van der Waals surface area contributed by atoms with Gasteiger partial charge in [0.1, 0.15) is 11.5 Å². The second kappa shape index (κ2) is 9.61. The van der Waals surface area contributed by atoms with Gasteiger partial charge in [0.15, 0.2) is 5.60 Å². The van der Waals surface area contributed by atoms with E-state index in [1.807, 2.05) is 0 Å². The van der Waals surface area contributed by atoms with Gasteiger partial charge in [0.05, 0.1) is 7.11 Å². The van der Waals surface area contributed by atoms with Crippen LogP contribution in [0.25, 0.3) is 38.7 Å². The van der Waals surface area contributed by atoms with E-state index in [0.29, 0.717) is 0 Å². The third-order valence-electron chi connectivity index (χ3n) is 10.0. The van der Waals surface area contributed by atoms with E-state index in [4.69, 9.17) is 9.47 Å². The number of hydrogen-bond donors (Lipinski definition) is 0. The van der Waals surface area contributed by atoms with Gasteiger partial charge in [-0.2, -0.15) is 0 Å². The highest BCUT2D eigenvalue weighted by Gasteiger charge is 2.46. The first-order valence-electron chi connectivity index (χ1n) is 15.3. The molecule has 6 aromatic rings. The van der Waals surface area contributed by atoms with Crippen molar-refractivity contribution in [2.75, 3.05) is 7.11 Å². The van der Waals surface area contributed by atoms with Gasteiger partial charge in [-0.1, -0.05) is 111 Å². The molecule has 210 valence electrons. The molecule has 1 aliphatic heterocycles. The third-order valence-corrected chi connectivity index (χ3v) is 10.0. The Hall–Kier alpha value is -4.82. The lowest BCUT2D eigenvalue weighted by Gasteiger charge is -2.39. The molecule has 2 heteroatoms. The summed E-state index contributed by atoms with van der Waals surface area (Å²) in [5.74, 6) is 1.75. The summed E-state index contributed by atoms with van der Waals surface area (Å²) in [5, 5.41) is 4.71. The zero-order valence-electron chi connectivity index (χ0n) is 24.9. The Bertz CT molecular complexity index is 2070. The maximum absolute atomic E-state index is 7.52. The SMILES string of the molecule is CCC1(CC)c2ccccc2-c2c1c1c(c3cc(OC)ccc23)OC(c2ccccc2)(c2ccc3ccccc3c2)C=C1. The highest BCUT2D eigenvalue weighted by Crippen LogP contribution is 2.60. The summed E-state index contributed by atoms with van der Waals surface area (Å²) in [6.45, 7) is 4.66. The van der Waals surface area contributed by atoms with Crippen LogP contribution in [-0.4, -0.2) is 7.11 Å². The zero-order valence-corrected chi connectivity index (χ0v) is 24.9. The Morgan fingerprint density at radius 1 is 0.674 bits per heavy atom. The van der Waals surface area contributed by atoms with Crippen LogP contribution in [0, 0.1) is 0 Å². The van der Waals surface area contributed by atoms with Crippen molar-refractivity contribution < 1.29 is 9.47 Å². The molecule has 1 atom stereocenters. The normalized spacial score (nSPS) is 17.7. The van der Waals surface area contributed by atoms with E-state index in [2.05, 4.69) is 141 Å². The molecule has 2 aliphatic rings. The molecule has 1 aliphatic carbocycles. The molecule has 0 saturated carbocycles. The summed E-state index contributed by atoms with van der Waals surface area (Å²) < 4.78 is 13.3. The maximum atomic E-state index is 7.52. The fourth-order valence-electron chi connectivity index (χ4n) is 7.85. The van der Waals surface area contributed by atoms with E-state index in [1.165, 1.54) is 44.0 Å². The minimum absolute atomic E-state index is 0.0898. The Balaban J connectivity index is 1.48. The van der Waals surface area contributed by atoms with Crippen molar-refractivity contribution in [1.82, 2.24) is 0 Å². The minimum atomic E-state index is -0.797. The largest absolute Gasteiger partial charge is 0.497 e. The zero-order chi connectivity index (χ0) is 29.2. The molecule has 43 heavy (non-hydrogen) atoms. The lowest BCUT2D eigenvalue weighted by atomic mass is 9.71. The molecular formula is C41H34O2. The summed E-state index contributed by atoms with van der Waals surface area (Å²) >= 11 is 0. The lowest BCUT2D eigenvalue weighted by molar-refractivity contribution is 0.163. The van der Waals surface area contributed by atoms with Crippen LogP contribution in [0.15, 0.2) is 121 Å². The predicted octanol–water partition coefficient (Wildman–Crippen LogP) is 10.4. The van der Waals surface area contributed by atoms with E-state index in [1.54, 1.807) is 7.11 Å². The first-order valence-corrected chi connectivity index (χ1v) is 15.3. The van der Waals surface area contributed by atoms with Crippen LogP contribution in [0.4, 0.5) is 0 Å². The highest BCUT2D eigenvalue weighted by atomic mass is 16.5. The van der Waals surface area contributed by atoms with Crippen molar-refractivity contribution in [1.29, 1.82) is 0 Å². The summed E-state index contributed by atoms with van der Waals surface area (Å²) in [7, 11) is 1.74. The van der Waals surface area contributed by atoms with Gasteiger partial charge in [-0.25, -0.2) is 0 Å². The monoisotopic (exact) mass is 558 g/mol. The number of rotatable bonds is 5. The number of methoxy groups -OCH3 is 1. The summed E-state index contributed by atoms with van der Waals surface area (Å²) in [6, 6.07) is 41.3. The maximum Gasteiger partial charge on any atom is 0.178 e. The number of fused-ring (bicyclic) bond motifs is 9. The van der Waals surface area contributed by atoms with E-state index in [0.717, 1.165) is 40.9 Å². The standard InChI is InChI=1S/C41H34O2/c1-4-40(5-2)36-18-12-11-17-33(36)37-32-22-21-31(42-3)26-35(32)39-34(38(37)40)23-24-41(43-39,29-15-7-6-8-16-29)30-20-19-27-13-9-10-14-28(27)25-30/h6-26H,4-5H2,1-3H3. The number of hydrogen-bond acceptors (Lipinski definition) is 2. The van der Waals surface area contributed by atoms with Crippen molar-refractivity contribution in [3.05, 3.63) is 149 Å². The quantitative estimate of drug-likeness (QED) is 0.210. The van der Waals surface area contributed by atoms with Crippen LogP contribution in [0.1, 0.15) is 54.5 Å². The van der Waals surface area contributed by atoms with Gasteiger partial charge in [-0.05, 0) is 81.6 Å².